The summed E-state index contributed by atoms with van der Waals surface area (Å²) in [7, 11) is 1.67. The molecule has 0 atom stereocenters. The van der Waals surface area contributed by atoms with Crippen LogP contribution >= 0.6 is 0 Å². The van der Waals surface area contributed by atoms with Crippen molar-refractivity contribution in [3.05, 3.63) is 53.6 Å². The summed E-state index contributed by atoms with van der Waals surface area (Å²) >= 11 is 0. The Hall–Kier alpha value is -2.00. The van der Waals surface area contributed by atoms with E-state index in [0.717, 1.165) is 16.9 Å². The molecule has 3 heteroatoms. The third-order valence-electron chi connectivity index (χ3n) is 2.60. The third-order valence-corrected chi connectivity index (χ3v) is 2.60. The summed E-state index contributed by atoms with van der Waals surface area (Å²) < 4.78 is 10.9. The van der Waals surface area contributed by atoms with Gasteiger partial charge in [-0.3, -0.25) is 0 Å². The van der Waals surface area contributed by atoms with Crippen molar-refractivity contribution in [1.82, 2.24) is 0 Å². The molecular weight excluding hydrogens is 226 g/mol. The fraction of sp³-hybridized carbons (Fsp3) is 0.200. The standard InChI is InChI=1S/C15H17NO2/c1-11-6-7-15(14(16)8-11)18-13-5-3-4-12(9-13)10-17-2/h3-9H,10,16H2,1-2H3. The first-order chi connectivity index (χ1) is 8.69. The van der Waals surface area contributed by atoms with Crippen LogP contribution in [0.25, 0.3) is 0 Å². The number of methoxy groups -OCH3 is 1. The molecule has 0 fully saturated rings. The molecule has 2 aromatic rings. The number of benzene rings is 2. The van der Waals surface area contributed by atoms with E-state index in [1.807, 2.05) is 49.4 Å². The molecule has 3 nitrogen and oxygen atoms in total. The second-order valence-corrected chi connectivity index (χ2v) is 4.22. The van der Waals surface area contributed by atoms with Crippen LogP contribution in [0.1, 0.15) is 11.1 Å². The van der Waals surface area contributed by atoms with Gasteiger partial charge in [-0.1, -0.05) is 18.2 Å². The van der Waals surface area contributed by atoms with Gasteiger partial charge in [0.1, 0.15) is 11.5 Å². The van der Waals surface area contributed by atoms with Crippen molar-refractivity contribution in [1.29, 1.82) is 0 Å². The van der Waals surface area contributed by atoms with Gasteiger partial charge < -0.3 is 15.2 Å². The zero-order chi connectivity index (χ0) is 13.0. The molecule has 0 saturated heterocycles. The van der Waals surface area contributed by atoms with Gasteiger partial charge in [-0.25, -0.2) is 0 Å². The van der Waals surface area contributed by atoms with Gasteiger partial charge in [0.15, 0.2) is 0 Å². The summed E-state index contributed by atoms with van der Waals surface area (Å²) in [6.45, 7) is 2.57. The van der Waals surface area contributed by atoms with E-state index in [1.165, 1.54) is 0 Å². The Morgan fingerprint density at radius 3 is 2.67 bits per heavy atom. The predicted molar refractivity (Wildman–Crippen MR) is 72.8 cm³/mol. The van der Waals surface area contributed by atoms with Crippen LogP contribution in [0, 0.1) is 6.92 Å². The zero-order valence-electron chi connectivity index (χ0n) is 10.6. The Kier molecular flexibility index (Phi) is 3.85. The quantitative estimate of drug-likeness (QED) is 0.836. The van der Waals surface area contributed by atoms with Gasteiger partial charge in [-0.2, -0.15) is 0 Å². The monoisotopic (exact) mass is 243 g/mol. The lowest BCUT2D eigenvalue weighted by atomic mass is 10.2. The van der Waals surface area contributed by atoms with E-state index in [2.05, 4.69) is 0 Å². The first-order valence-corrected chi connectivity index (χ1v) is 5.81. The van der Waals surface area contributed by atoms with E-state index in [-0.39, 0.29) is 0 Å². The molecule has 0 aliphatic carbocycles. The Bertz CT molecular complexity index is 538. The number of hydrogen-bond acceptors (Lipinski definition) is 3. The topological polar surface area (TPSA) is 44.5 Å². The summed E-state index contributed by atoms with van der Waals surface area (Å²) in [6.07, 6.45) is 0. The fourth-order valence-electron chi connectivity index (χ4n) is 1.75. The molecule has 0 heterocycles. The van der Waals surface area contributed by atoms with E-state index >= 15 is 0 Å². The number of aryl methyl sites for hydroxylation is 1. The van der Waals surface area contributed by atoms with Gasteiger partial charge >= 0.3 is 0 Å². The van der Waals surface area contributed by atoms with Crippen molar-refractivity contribution in [2.45, 2.75) is 13.5 Å². The lowest BCUT2D eigenvalue weighted by molar-refractivity contribution is 0.184. The SMILES string of the molecule is COCc1cccc(Oc2ccc(C)cc2N)c1. The largest absolute Gasteiger partial charge is 0.455 e. The molecule has 0 aliphatic heterocycles. The van der Waals surface area contributed by atoms with Gasteiger partial charge in [-0.05, 0) is 42.3 Å². The van der Waals surface area contributed by atoms with E-state index in [0.29, 0.717) is 18.0 Å². The first-order valence-electron chi connectivity index (χ1n) is 5.81. The first kappa shape index (κ1) is 12.5. The van der Waals surface area contributed by atoms with Crippen LogP contribution in [0.2, 0.25) is 0 Å². The average Bonchev–Trinajstić information content (AvgIpc) is 2.34. The zero-order valence-corrected chi connectivity index (χ0v) is 10.6. The maximum atomic E-state index is 5.92. The molecule has 0 bridgehead atoms. The molecule has 0 aliphatic rings. The molecule has 0 amide bonds. The number of nitrogen functional groups attached to an aromatic ring is 1. The molecule has 0 spiro atoms. The van der Waals surface area contributed by atoms with Crippen molar-refractivity contribution in [3.63, 3.8) is 0 Å². The highest BCUT2D eigenvalue weighted by atomic mass is 16.5. The molecule has 2 aromatic carbocycles. The smallest absolute Gasteiger partial charge is 0.150 e. The van der Waals surface area contributed by atoms with E-state index in [1.54, 1.807) is 7.11 Å². The molecule has 2 rings (SSSR count). The fourth-order valence-corrected chi connectivity index (χ4v) is 1.75. The van der Waals surface area contributed by atoms with Crippen molar-refractivity contribution in [2.24, 2.45) is 0 Å². The van der Waals surface area contributed by atoms with Crippen molar-refractivity contribution in [3.8, 4) is 11.5 Å². The van der Waals surface area contributed by atoms with Gasteiger partial charge in [-0.15, -0.1) is 0 Å². The van der Waals surface area contributed by atoms with Crippen LogP contribution in [0.4, 0.5) is 5.69 Å². The maximum absolute atomic E-state index is 5.92. The third kappa shape index (κ3) is 3.02. The van der Waals surface area contributed by atoms with Gasteiger partial charge in [0.05, 0.1) is 12.3 Å². The van der Waals surface area contributed by atoms with Crippen molar-refractivity contribution in [2.75, 3.05) is 12.8 Å². The van der Waals surface area contributed by atoms with Crippen molar-refractivity contribution >= 4 is 5.69 Å². The predicted octanol–water partition coefficient (Wildman–Crippen LogP) is 3.52. The molecule has 18 heavy (non-hydrogen) atoms. The lowest BCUT2D eigenvalue weighted by Gasteiger charge is -2.10. The number of rotatable bonds is 4. The Morgan fingerprint density at radius 1 is 1.11 bits per heavy atom. The highest BCUT2D eigenvalue weighted by Crippen LogP contribution is 2.28. The summed E-state index contributed by atoms with van der Waals surface area (Å²) in [5.41, 5.74) is 8.75. The minimum absolute atomic E-state index is 0.570. The van der Waals surface area contributed by atoms with Gasteiger partial charge in [0.2, 0.25) is 0 Å². The minimum atomic E-state index is 0.570. The molecule has 2 N–H and O–H groups in total. The molecule has 0 saturated carbocycles. The van der Waals surface area contributed by atoms with Crippen LogP contribution in [0.3, 0.4) is 0 Å². The minimum Gasteiger partial charge on any atom is -0.455 e. The van der Waals surface area contributed by atoms with Gasteiger partial charge in [0.25, 0.3) is 0 Å². The van der Waals surface area contributed by atoms with Crippen molar-refractivity contribution < 1.29 is 9.47 Å². The highest BCUT2D eigenvalue weighted by Gasteiger charge is 2.03. The number of anilines is 1. The van der Waals surface area contributed by atoms with Crippen LogP contribution in [0.5, 0.6) is 11.5 Å². The molecule has 0 aromatic heterocycles. The lowest BCUT2D eigenvalue weighted by Crippen LogP contribution is -1.94. The van der Waals surface area contributed by atoms with E-state index in [4.69, 9.17) is 15.2 Å². The Balaban J connectivity index is 2.20. The summed E-state index contributed by atoms with van der Waals surface area (Å²) in [5.74, 6) is 1.44. The van der Waals surface area contributed by atoms with Crippen LogP contribution in [0.15, 0.2) is 42.5 Å². The van der Waals surface area contributed by atoms with Crippen LogP contribution in [-0.4, -0.2) is 7.11 Å². The molecular formula is C15H17NO2. The van der Waals surface area contributed by atoms with E-state index < -0.39 is 0 Å². The number of nitrogens with two attached hydrogens (primary N) is 1. The summed E-state index contributed by atoms with van der Waals surface area (Å²) in [6, 6.07) is 13.5. The second-order valence-electron chi connectivity index (χ2n) is 4.22. The molecule has 0 radical (unpaired) electrons. The van der Waals surface area contributed by atoms with Crippen LogP contribution < -0.4 is 10.5 Å². The molecule has 94 valence electrons. The highest BCUT2D eigenvalue weighted by molar-refractivity contribution is 5.55. The van der Waals surface area contributed by atoms with E-state index in [9.17, 15) is 0 Å². The Morgan fingerprint density at radius 2 is 1.94 bits per heavy atom. The second kappa shape index (κ2) is 5.56. The van der Waals surface area contributed by atoms with Crippen LogP contribution in [-0.2, 0) is 11.3 Å². The Labute approximate surface area is 107 Å². The summed E-state index contributed by atoms with van der Waals surface area (Å²) in [5, 5.41) is 0. The average molecular weight is 243 g/mol. The maximum Gasteiger partial charge on any atom is 0.150 e. The normalized spacial score (nSPS) is 10.3. The number of hydrogen-bond donors (Lipinski definition) is 1. The molecule has 0 unspecified atom stereocenters. The van der Waals surface area contributed by atoms with Gasteiger partial charge in [0, 0.05) is 7.11 Å². The summed E-state index contributed by atoms with van der Waals surface area (Å²) in [4.78, 5) is 0. The number of ether oxygens (including phenoxy) is 2.